The van der Waals surface area contributed by atoms with Crippen molar-refractivity contribution in [3.8, 4) is 0 Å². The van der Waals surface area contributed by atoms with Crippen LogP contribution in [0.25, 0.3) is 10.2 Å². The first-order chi connectivity index (χ1) is 16.0. The summed E-state index contributed by atoms with van der Waals surface area (Å²) in [6.45, 7) is 1.83. The molecule has 3 aromatic rings. The molecule has 2 aromatic carbocycles. The van der Waals surface area contributed by atoms with Gasteiger partial charge in [0.2, 0.25) is 5.91 Å². The zero-order valence-corrected chi connectivity index (χ0v) is 19.2. The van der Waals surface area contributed by atoms with Crippen molar-refractivity contribution in [2.45, 2.75) is 24.5 Å². The maximum Gasteiger partial charge on any atom is 0.262 e. The van der Waals surface area contributed by atoms with E-state index in [1.165, 1.54) is 23.1 Å². The van der Waals surface area contributed by atoms with Gasteiger partial charge in [-0.2, -0.15) is 4.99 Å². The maximum atomic E-state index is 12.5. The van der Waals surface area contributed by atoms with Crippen molar-refractivity contribution in [1.82, 2.24) is 9.88 Å². The normalized spacial score (nSPS) is 17.9. The molecule has 0 aliphatic carbocycles. The maximum absolute atomic E-state index is 12.5. The Kier molecular flexibility index (Phi) is 6.10. The van der Waals surface area contributed by atoms with Crippen molar-refractivity contribution in [2.24, 2.45) is 4.99 Å². The molecule has 3 amide bonds. The first kappa shape index (κ1) is 21.6. The van der Waals surface area contributed by atoms with E-state index in [9.17, 15) is 14.4 Å². The van der Waals surface area contributed by atoms with E-state index in [1.807, 2.05) is 24.3 Å². The summed E-state index contributed by atoms with van der Waals surface area (Å²) in [6.07, 6.45) is 2.27. The summed E-state index contributed by atoms with van der Waals surface area (Å²) in [4.78, 5) is 47.8. The van der Waals surface area contributed by atoms with E-state index in [0.717, 1.165) is 41.3 Å². The Bertz CT molecular complexity index is 1220. The lowest BCUT2D eigenvalue weighted by molar-refractivity contribution is -0.121. The molecule has 1 fully saturated rings. The molecule has 0 radical (unpaired) electrons. The molecule has 33 heavy (non-hydrogen) atoms. The molecule has 8 nitrogen and oxygen atoms in total. The zero-order chi connectivity index (χ0) is 22.8. The lowest BCUT2D eigenvalue weighted by Gasteiger charge is -2.16. The van der Waals surface area contributed by atoms with Crippen LogP contribution in [0.15, 0.2) is 53.5 Å². The van der Waals surface area contributed by atoms with Crippen molar-refractivity contribution in [2.75, 3.05) is 23.7 Å². The van der Waals surface area contributed by atoms with E-state index in [1.54, 1.807) is 24.3 Å². The molecular formula is C23H21N5O3S2. The third-order valence-electron chi connectivity index (χ3n) is 5.42. The predicted molar refractivity (Wildman–Crippen MR) is 132 cm³/mol. The third-order valence-corrected chi connectivity index (χ3v) is 7.59. The number of para-hydroxylation sites is 1. The molecule has 2 aliphatic rings. The minimum absolute atomic E-state index is 0.0597. The van der Waals surface area contributed by atoms with Crippen molar-refractivity contribution < 1.29 is 14.4 Å². The van der Waals surface area contributed by atoms with Gasteiger partial charge in [-0.1, -0.05) is 35.2 Å². The summed E-state index contributed by atoms with van der Waals surface area (Å²) in [6, 6.07) is 14.3. The van der Waals surface area contributed by atoms with Crippen LogP contribution < -0.4 is 10.6 Å². The lowest BCUT2D eigenvalue weighted by atomic mass is 10.2. The number of carbonyl (C=O) groups is 3. The van der Waals surface area contributed by atoms with Gasteiger partial charge in [0.25, 0.3) is 11.8 Å². The number of amides is 3. The number of likely N-dealkylation sites (tertiary alicyclic amines) is 1. The molecule has 168 valence electrons. The standard InChI is InChI=1S/C23H21N5O3S2/c29-19(13-18-21(31)27-23(33-18)28-11-3-4-12-28)24-15-9-7-14(8-10-15)20(30)26-22-25-16-5-1-2-6-17(16)32-22/h1-2,5-10,18H,3-4,11-13H2,(H,24,29)(H,25,26,30). The van der Waals surface area contributed by atoms with Crippen molar-refractivity contribution in [1.29, 1.82) is 0 Å². The number of fused-ring (bicyclic) bond motifs is 1. The van der Waals surface area contributed by atoms with Gasteiger partial charge in [0.05, 0.1) is 10.2 Å². The minimum Gasteiger partial charge on any atom is -0.351 e. The molecule has 2 N–H and O–H groups in total. The van der Waals surface area contributed by atoms with E-state index in [4.69, 9.17) is 0 Å². The summed E-state index contributed by atoms with van der Waals surface area (Å²) in [5, 5.41) is 6.39. The molecule has 0 spiro atoms. The monoisotopic (exact) mass is 479 g/mol. The fraction of sp³-hybridized carbons (Fsp3) is 0.261. The number of hydrogen-bond acceptors (Lipinski definition) is 7. The SMILES string of the molecule is O=C(CC1SC(N2CCCC2)=NC1=O)Nc1ccc(C(=O)Nc2nc3ccccc3s2)cc1. The van der Waals surface area contributed by atoms with Crippen LogP contribution in [0.5, 0.6) is 0 Å². The molecule has 1 unspecified atom stereocenters. The Balaban J connectivity index is 1.14. The van der Waals surface area contributed by atoms with Gasteiger partial charge in [-0.05, 0) is 49.2 Å². The molecular weight excluding hydrogens is 458 g/mol. The van der Waals surface area contributed by atoms with E-state index in [0.29, 0.717) is 16.4 Å². The van der Waals surface area contributed by atoms with E-state index < -0.39 is 5.25 Å². The number of benzene rings is 2. The van der Waals surface area contributed by atoms with Crippen molar-refractivity contribution in [3.05, 3.63) is 54.1 Å². The van der Waals surface area contributed by atoms with Gasteiger partial charge < -0.3 is 10.2 Å². The Morgan fingerprint density at radius 2 is 1.79 bits per heavy atom. The summed E-state index contributed by atoms with van der Waals surface area (Å²) in [7, 11) is 0. The lowest BCUT2D eigenvalue weighted by Crippen LogP contribution is -2.25. The van der Waals surface area contributed by atoms with Crippen LogP contribution in [0.1, 0.15) is 29.6 Å². The van der Waals surface area contributed by atoms with Gasteiger partial charge in [0, 0.05) is 30.8 Å². The van der Waals surface area contributed by atoms with Crippen LogP contribution in [-0.4, -0.2) is 51.1 Å². The average molecular weight is 480 g/mol. The second-order valence-electron chi connectivity index (χ2n) is 7.80. The minimum atomic E-state index is -0.487. The fourth-order valence-corrected chi connectivity index (χ4v) is 5.71. The van der Waals surface area contributed by atoms with Crippen molar-refractivity contribution in [3.63, 3.8) is 0 Å². The number of aliphatic imine (C=N–C) groups is 1. The van der Waals surface area contributed by atoms with Crippen molar-refractivity contribution >= 4 is 67.0 Å². The Morgan fingerprint density at radius 1 is 1.03 bits per heavy atom. The zero-order valence-electron chi connectivity index (χ0n) is 17.6. The number of carbonyl (C=O) groups excluding carboxylic acids is 3. The molecule has 2 aliphatic heterocycles. The number of anilines is 2. The Labute approximate surface area is 198 Å². The first-order valence-corrected chi connectivity index (χ1v) is 12.4. The summed E-state index contributed by atoms with van der Waals surface area (Å²) in [5.41, 5.74) is 1.86. The topological polar surface area (TPSA) is 104 Å². The van der Waals surface area contributed by atoms with Crippen LogP contribution in [0.4, 0.5) is 10.8 Å². The van der Waals surface area contributed by atoms with Gasteiger partial charge in [-0.15, -0.1) is 0 Å². The van der Waals surface area contributed by atoms with Gasteiger partial charge in [0.15, 0.2) is 10.3 Å². The molecule has 3 heterocycles. The van der Waals surface area contributed by atoms with E-state index >= 15 is 0 Å². The molecule has 1 saturated heterocycles. The van der Waals surface area contributed by atoms with Crippen LogP contribution in [0.3, 0.4) is 0 Å². The van der Waals surface area contributed by atoms with Gasteiger partial charge in [0.1, 0.15) is 5.25 Å². The van der Waals surface area contributed by atoms with E-state index in [-0.39, 0.29) is 24.1 Å². The quantitative estimate of drug-likeness (QED) is 0.574. The fourth-order valence-electron chi connectivity index (χ4n) is 3.73. The summed E-state index contributed by atoms with van der Waals surface area (Å²) in [5.74, 6) is -0.782. The average Bonchev–Trinajstić information content (AvgIpc) is 3.54. The highest BCUT2D eigenvalue weighted by atomic mass is 32.2. The number of aromatic nitrogens is 1. The molecule has 0 bridgehead atoms. The first-order valence-electron chi connectivity index (χ1n) is 10.7. The van der Waals surface area contributed by atoms with Crippen LogP contribution >= 0.6 is 23.1 Å². The second-order valence-corrected chi connectivity index (χ2v) is 10.0. The second kappa shape index (κ2) is 9.32. The van der Waals surface area contributed by atoms with Crippen LogP contribution in [-0.2, 0) is 9.59 Å². The number of amidine groups is 1. The Morgan fingerprint density at radius 3 is 2.55 bits per heavy atom. The number of nitrogens with one attached hydrogen (secondary N) is 2. The van der Waals surface area contributed by atoms with Gasteiger partial charge in [-0.25, -0.2) is 4.98 Å². The summed E-state index contributed by atoms with van der Waals surface area (Å²) >= 11 is 2.78. The number of thioether (sulfide) groups is 1. The highest BCUT2D eigenvalue weighted by Gasteiger charge is 2.33. The van der Waals surface area contributed by atoms with Crippen LogP contribution in [0, 0.1) is 0 Å². The molecule has 0 saturated carbocycles. The highest BCUT2D eigenvalue weighted by Crippen LogP contribution is 2.29. The number of nitrogens with zero attached hydrogens (tertiary/aromatic N) is 3. The summed E-state index contributed by atoms with van der Waals surface area (Å²) < 4.78 is 1.00. The number of hydrogen-bond donors (Lipinski definition) is 2. The largest absolute Gasteiger partial charge is 0.351 e. The van der Waals surface area contributed by atoms with Gasteiger partial charge >= 0.3 is 0 Å². The number of thiazole rings is 1. The van der Waals surface area contributed by atoms with E-state index in [2.05, 4.69) is 25.5 Å². The smallest absolute Gasteiger partial charge is 0.262 e. The highest BCUT2D eigenvalue weighted by molar-refractivity contribution is 8.15. The molecule has 5 rings (SSSR count). The molecule has 1 aromatic heterocycles. The Hall–Kier alpha value is -3.24. The predicted octanol–water partition coefficient (Wildman–Crippen LogP) is 3.97. The molecule has 1 atom stereocenters. The van der Waals surface area contributed by atoms with Crippen LogP contribution in [0.2, 0.25) is 0 Å². The van der Waals surface area contributed by atoms with Gasteiger partial charge in [-0.3, -0.25) is 19.7 Å². The third kappa shape index (κ3) is 4.91. The molecule has 10 heteroatoms. The number of rotatable bonds is 5.